The van der Waals surface area contributed by atoms with E-state index < -0.39 is 0 Å². The number of para-hydroxylation sites is 1. The van der Waals surface area contributed by atoms with Gasteiger partial charge in [-0.2, -0.15) is 0 Å². The van der Waals surface area contributed by atoms with Crippen molar-refractivity contribution < 1.29 is 9.59 Å². The van der Waals surface area contributed by atoms with E-state index in [0.717, 1.165) is 36.3 Å². The molecule has 0 unspecified atom stereocenters. The molecule has 6 nitrogen and oxygen atoms in total. The van der Waals surface area contributed by atoms with Crippen molar-refractivity contribution in [2.75, 3.05) is 26.2 Å². The van der Waals surface area contributed by atoms with Crippen molar-refractivity contribution in [1.29, 1.82) is 0 Å². The Bertz CT molecular complexity index is 742. The molecule has 0 spiro atoms. The second kappa shape index (κ2) is 6.49. The molecule has 2 saturated heterocycles. The van der Waals surface area contributed by atoms with Crippen LogP contribution in [0.5, 0.6) is 0 Å². The quantitative estimate of drug-likeness (QED) is 0.928. The third-order valence-electron chi connectivity index (χ3n) is 4.71. The lowest BCUT2D eigenvalue weighted by Crippen LogP contribution is -2.44. The van der Waals surface area contributed by atoms with E-state index in [0.29, 0.717) is 13.1 Å². The number of urea groups is 1. The van der Waals surface area contributed by atoms with Gasteiger partial charge in [-0.05, 0) is 31.5 Å². The van der Waals surface area contributed by atoms with Crippen molar-refractivity contribution in [2.45, 2.75) is 25.3 Å². The van der Waals surface area contributed by atoms with Gasteiger partial charge in [-0.15, -0.1) is 11.3 Å². The highest BCUT2D eigenvalue weighted by atomic mass is 32.1. The summed E-state index contributed by atoms with van der Waals surface area (Å²) in [6, 6.07) is 8.05. The fraction of sp³-hybridized carbons (Fsp3) is 0.471. The number of hydrogen-bond donors (Lipinski definition) is 1. The number of piperidine rings is 1. The van der Waals surface area contributed by atoms with Gasteiger partial charge in [-0.1, -0.05) is 18.6 Å². The van der Waals surface area contributed by atoms with Crippen LogP contribution in [-0.4, -0.2) is 52.9 Å². The standard InChI is InChI=1S/C17H20N4O2S/c22-15(21-10-8-18-17(21)23)11-20-9-4-3-6-13(20)16-19-12-5-1-2-7-14(12)24-16/h1-2,5,7,13H,3-4,6,8-11H2,(H,18,23)/t13-/m1/s1. The Morgan fingerprint density at radius 3 is 2.96 bits per heavy atom. The molecule has 24 heavy (non-hydrogen) atoms. The number of hydrogen-bond acceptors (Lipinski definition) is 5. The molecule has 7 heteroatoms. The Kier molecular flexibility index (Phi) is 4.20. The molecule has 2 aliphatic heterocycles. The Morgan fingerprint density at radius 2 is 2.17 bits per heavy atom. The molecule has 1 N–H and O–H groups in total. The summed E-state index contributed by atoms with van der Waals surface area (Å²) in [5.74, 6) is -0.113. The van der Waals surface area contributed by atoms with Crippen LogP contribution in [0.1, 0.15) is 30.3 Å². The van der Waals surface area contributed by atoms with Gasteiger partial charge in [-0.25, -0.2) is 9.78 Å². The summed E-state index contributed by atoms with van der Waals surface area (Å²) in [4.78, 5) is 32.5. The van der Waals surface area contributed by atoms with E-state index in [1.165, 1.54) is 9.60 Å². The molecule has 126 valence electrons. The van der Waals surface area contributed by atoms with Crippen molar-refractivity contribution in [3.8, 4) is 0 Å². The molecular formula is C17H20N4O2S. The van der Waals surface area contributed by atoms with Crippen LogP contribution < -0.4 is 5.32 Å². The first-order valence-corrected chi connectivity index (χ1v) is 9.22. The molecule has 3 heterocycles. The molecule has 0 bridgehead atoms. The first-order valence-electron chi connectivity index (χ1n) is 8.40. The molecule has 2 fully saturated rings. The number of thiazole rings is 1. The first kappa shape index (κ1) is 15.5. The number of nitrogens with zero attached hydrogens (tertiary/aromatic N) is 3. The summed E-state index contributed by atoms with van der Waals surface area (Å²) < 4.78 is 1.18. The number of nitrogens with one attached hydrogen (secondary N) is 1. The van der Waals surface area contributed by atoms with Crippen molar-refractivity contribution in [3.05, 3.63) is 29.3 Å². The van der Waals surface area contributed by atoms with E-state index in [2.05, 4.69) is 16.3 Å². The molecule has 1 aromatic carbocycles. The summed E-state index contributed by atoms with van der Waals surface area (Å²) in [5.41, 5.74) is 1.02. The molecule has 0 saturated carbocycles. The van der Waals surface area contributed by atoms with Crippen LogP contribution in [0.4, 0.5) is 4.79 Å². The van der Waals surface area contributed by atoms with Crippen molar-refractivity contribution in [3.63, 3.8) is 0 Å². The van der Waals surface area contributed by atoms with Gasteiger partial charge in [-0.3, -0.25) is 14.6 Å². The molecule has 1 aromatic heterocycles. The van der Waals surface area contributed by atoms with Gasteiger partial charge in [0.1, 0.15) is 5.01 Å². The van der Waals surface area contributed by atoms with Gasteiger partial charge in [0.05, 0.1) is 22.8 Å². The van der Waals surface area contributed by atoms with Gasteiger partial charge >= 0.3 is 6.03 Å². The molecular weight excluding hydrogens is 324 g/mol. The summed E-state index contributed by atoms with van der Waals surface area (Å²) >= 11 is 1.71. The molecule has 4 rings (SSSR count). The molecule has 3 amide bonds. The number of benzene rings is 1. The smallest absolute Gasteiger partial charge is 0.324 e. The van der Waals surface area contributed by atoms with Crippen LogP contribution in [0, 0.1) is 0 Å². The zero-order valence-corrected chi connectivity index (χ0v) is 14.2. The molecule has 0 aliphatic carbocycles. The Morgan fingerprint density at radius 1 is 1.29 bits per heavy atom. The molecule has 0 radical (unpaired) electrons. The largest absolute Gasteiger partial charge is 0.336 e. The number of fused-ring (bicyclic) bond motifs is 1. The maximum atomic E-state index is 12.5. The molecule has 1 atom stereocenters. The van der Waals surface area contributed by atoms with Crippen LogP contribution in [0.2, 0.25) is 0 Å². The van der Waals surface area contributed by atoms with Gasteiger partial charge < -0.3 is 5.32 Å². The third kappa shape index (κ3) is 2.89. The Hall–Kier alpha value is -1.99. The number of rotatable bonds is 3. The lowest BCUT2D eigenvalue weighted by atomic mass is 10.0. The van der Waals surface area contributed by atoms with Crippen LogP contribution in [0.3, 0.4) is 0 Å². The van der Waals surface area contributed by atoms with E-state index in [1.54, 1.807) is 11.3 Å². The van der Waals surface area contributed by atoms with Gasteiger partial charge in [0.15, 0.2) is 0 Å². The minimum absolute atomic E-state index is 0.113. The van der Waals surface area contributed by atoms with Crippen molar-refractivity contribution >= 4 is 33.5 Å². The van der Waals surface area contributed by atoms with E-state index in [1.807, 2.05) is 18.2 Å². The number of aromatic nitrogens is 1. The summed E-state index contributed by atoms with van der Waals surface area (Å²) in [6.07, 6.45) is 3.25. The van der Waals surface area contributed by atoms with Crippen LogP contribution in [-0.2, 0) is 4.79 Å². The normalized spacial score (nSPS) is 22.1. The van der Waals surface area contributed by atoms with Crippen LogP contribution in [0.15, 0.2) is 24.3 Å². The highest BCUT2D eigenvalue weighted by Gasteiger charge is 2.32. The van der Waals surface area contributed by atoms with E-state index >= 15 is 0 Å². The fourth-order valence-corrected chi connectivity index (χ4v) is 4.60. The predicted molar refractivity (Wildman–Crippen MR) is 92.9 cm³/mol. The molecule has 2 aromatic rings. The number of likely N-dealkylation sites (tertiary alicyclic amines) is 1. The SMILES string of the molecule is O=C(CN1CCCC[C@@H]1c1nc2ccccc2s1)N1CCNC1=O. The highest BCUT2D eigenvalue weighted by molar-refractivity contribution is 7.18. The van der Waals surface area contributed by atoms with E-state index in [4.69, 9.17) is 4.98 Å². The zero-order chi connectivity index (χ0) is 16.5. The van der Waals surface area contributed by atoms with Gasteiger partial charge in [0, 0.05) is 13.1 Å². The van der Waals surface area contributed by atoms with E-state index in [-0.39, 0.29) is 24.5 Å². The fourth-order valence-electron chi connectivity index (χ4n) is 3.46. The first-order chi connectivity index (χ1) is 11.7. The van der Waals surface area contributed by atoms with Gasteiger partial charge in [0.2, 0.25) is 5.91 Å². The zero-order valence-electron chi connectivity index (χ0n) is 13.4. The lowest BCUT2D eigenvalue weighted by Gasteiger charge is -2.34. The monoisotopic (exact) mass is 344 g/mol. The minimum atomic E-state index is -0.270. The Labute approximate surface area is 144 Å². The predicted octanol–water partition coefficient (Wildman–Crippen LogP) is 2.38. The third-order valence-corrected chi connectivity index (χ3v) is 5.84. The lowest BCUT2D eigenvalue weighted by molar-refractivity contribution is -0.129. The second-order valence-electron chi connectivity index (χ2n) is 6.28. The summed E-state index contributed by atoms with van der Waals surface area (Å²) in [5, 5.41) is 3.76. The van der Waals surface area contributed by atoms with Crippen molar-refractivity contribution in [1.82, 2.24) is 20.1 Å². The second-order valence-corrected chi connectivity index (χ2v) is 7.34. The average molecular weight is 344 g/mol. The van der Waals surface area contributed by atoms with Crippen LogP contribution in [0.25, 0.3) is 10.2 Å². The maximum Gasteiger partial charge on any atom is 0.324 e. The van der Waals surface area contributed by atoms with Gasteiger partial charge in [0.25, 0.3) is 0 Å². The average Bonchev–Trinajstić information content (AvgIpc) is 3.21. The summed E-state index contributed by atoms with van der Waals surface area (Å²) in [7, 11) is 0. The number of imide groups is 1. The topological polar surface area (TPSA) is 65.5 Å². The highest BCUT2D eigenvalue weighted by Crippen LogP contribution is 2.35. The van der Waals surface area contributed by atoms with Crippen LogP contribution >= 0.6 is 11.3 Å². The molecule has 2 aliphatic rings. The summed E-state index contributed by atoms with van der Waals surface area (Å²) in [6.45, 7) is 2.18. The van der Waals surface area contributed by atoms with Crippen molar-refractivity contribution in [2.24, 2.45) is 0 Å². The number of carbonyl (C=O) groups is 2. The van der Waals surface area contributed by atoms with E-state index in [9.17, 15) is 9.59 Å². The minimum Gasteiger partial charge on any atom is -0.336 e. The number of amides is 3. The number of carbonyl (C=O) groups excluding carboxylic acids is 2. The Balaban J connectivity index is 1.54. The maximum absolute atomic E-state index is 12.5.